The third kappa shape index (κ3) is 5.83. The van der Waals surface area contributed by atoms with Crippen LogP contribution in [0.4, 0.5) is 31.2 Å². The minimum absolute atomic E-state index is 0.00941. The van der Waals surface area contributed by atoms with Crippen molar-refractivity contribution in [2.45, 2.75) is 25.3 Å². The van der Waals surface area contributed by atoms with Crippen LogP contribution in [-0.2, 0) is 4.79 Å². The standard InChI is InChI=1S/C27H29ClFN7O3/c28-17-8-9-18-22(15-17)31-24(30)16-23(18)34-11-13-35(14-12-34)26(38)33-21-7-3-4-10-36(25(21)37)27(39)32-20-6-2-1-5-19(20)29/h1-2,5-6,8-9,15-16,21H,3-4,7,10-14H2,(H2,30,31)(H,32,39)(H,33,38)/t21-/m0/s1. The lowest BCUT2D eigenvalue weighted by molar-refractivity contribution is -0.129. The first-order valence-electron chi connectivity index (χ1n) is 12.8. The Hall–Kier alpha value is -4.12. The molecule has 3 heterocycles. The molecule has 10 nitrogen and oxygen atoms in total. The van der Waals surface area contributed by atoms with Crippen molar-refractivity contribution >= 4 is 57.7 Å². The summed E-state index contributed by atoms with van der Waals surface area (Å²) in [5.74, 6) is -0.718. The van der Waals surface area contributed by atoms with Crippen LogP contribution < -0.4 is 21.3 Å². The van der Waals surface area contributed by atoms with Gasteiger partial charge in [-0.2, -0.15) is 0 Å². The summed E-state index contributed by atoms with van der Waals surface area (Å²) in [7, 11) is 0. The van der Waals surface area contributed by atoms with Gasteiger partial charge in [0, 0.05) is 54.9 Å². The molecule has 1 aromatic heterocycles. The molecule has 5 amide bonds. The summed E-state index contributed by atoms with van der Waals surface area (Å²) in [6, 6.07) is 11.1. The number of para-hydroxylation sites is 1. The molecule has 0 spiro atoms. The van der Waals surface area contributed by atoms with Gasteiger partial charge in [0.1, 0.15) is 17.7 Å². The molecule has 2 aromatic carbocycles. The van der Waals surface area contributed by atoms with Gasteiger partial charge in [0.25, 0.3) is 5.91 Å². The molecule has 39 heavy (non-hydrogen) atoms. The SMILES string of the molecule is Nc1cc(N2CCN(C(=O)N[C@H]3CCCCN(C(=O)Nc4ccccc4F)C3=O)CC2)c2ccc(Cl)cc2n1. The maximum atomic E-state index is 14.0. The second-order valence-electron chi connectivity index (χ2n) is 9.60. The minimum Gasteiger partial charge on any atom is -0.384 e. The molecular weight excluding hydrogens is 525 g/mol. The third-order valence-corrected chi connectivity index (χ3v) is 7.26. The number of piperazine rings is 1. The molecule has 1 atom stereocenters. The van der Waals surface area contributed by atoms with Gasteiger partial charge in [0.15, 0.2) is 0 Å². The summed E-state index contributed by atoms with van der Waals surface area (Å²) in [6.07, 6.45) is 1.67. The van der Waals surface area contributed by atoms with E-state index in [4.69, 9.17) is 17.3 Å². The van der Waals surface area contributed by atoms with Gasteiger partial charge in [-0.25, -0.2) is 19.0 Å². The number of rotatable bonds is 3. The first-order chi connectivity index (χ1) is 18.8. The predicted octanol–water partition coefficient (Wildman–Crippen LogP) is 4.05. The van der Waals surface area contributed by atoms with E-state index in [0.29, 0.717) is 61.8 Å². The number of pyridine rings is 1. The molecule has 0 aliphatic carbocycles. The van der Waals surface area contributed by atoms with Crippen LogP contribution in [0.3, 0.4) is 0 Å². The molecule has 2 aliphatic rings. The van der Waals surface area contributed by atoms with Crippen LogP contribution in [0.1, 0.15) is 19.3 Å². The summed E-state index contributed by atoms with van der Waals surface area (Å²) >= 11 is 6.12. The molecule has 2 saturated heterocycles. The van der Waals surface area contributed by atoms with Crippen LogP contribution in [0.25, 0.3) is 10.9 Å². The fourth-order valence-electron chi connectivity index (χ4n) is 4.98. The number of anilines is 3. The van der Waals surface area contributed by atoms with Gasteiger partial charge < -0.3 is 26.2 Å². The fraction of sp³-hybridized carbons (Fsp3) is 0.333. The number of nitrogens with one attached hydrogen (secondary N) is 2. The van der Waals surface area contributed by atoms with Crippen LogP contribution >= 0.6 is 11.6 Å². The Morgan fingerprint density at radius 1 is 1.00 bits per heavy atom. The number of nitrogen functional groups attached to an aromatic ring is 1. The van der Waals surface area contributed by atoms with E-state index in [0.717, 1.165) is 16.0 Å². The minimum atomic E-state index is -0.849. The summed E-state index contributed by atoms with van der Waals surface area (Å²) in [5.41, 5.74) is 7.65. The van der Waals surface area contributed by atoms with Crippen molar-refractivity contribution in [1.29, 1.82) is 0 Å². The Morgan fingerprint density at radius 2 is 1.77 bits per heavy atom. The van der Waals surface area contributed by atoms with Crippen molar-refractivity contribution in [2.75, 3.05) is 48.7 Å². The molecule has 0 saturated carbocycles. The first-order valence-corrected chi connectivity index (χ1v) is 13.2. The average Bonchev–Trinajstić information content (AvgIpc) is 3.10. The van der Waals surface area contributed by atoms with Crippen LogP contribution in [0.5, 0.6) is 0 Å². The molecule has 12 heteroatoms. The Labute approximate surface area is 229 Å². The van der Waals surface area contributed by atoms with Crippen LogP contribution in [0.2, 0.25) is 5.02 Å². The molecule has 204 valence electrons. The van der Waals surface area contributed by atoms with Crippen molar-refractivity contribution in [3.8, 4) is 0 Å². The quantitative estimate of drug-likeness (QED) is 0.449. The molecule has 0 unspecified atom stereocenters. The van der Waals surface area contributed by atoms with Crippen LogP contribution in [0, 0.1) is 5.82 Å². The Morgan fingerprint density at radius 3 is 2.54 bits per heavy atom. The molecule has 0 radical (unpaired) electrons. The number of likely N-dealkylation sites (tertiary alicyclic amines) is 1. The zero-order valence-corrected chi connectivity index (χ0v) is 22.0. The second kappa shape index (κ2) is 11.3. The van der Waals surface area contributed by atoms with Gasteiger partial charge in [-0.3, -0.25) is 9.69 Å². The van der Waals surface area contributed by atoms with E-state index in [9.17, 15) is 18.8 Å². The number of imide groups is 1. The van der Waals surface area contributed by atoms with Gasteiger partial charge >= 0.3 is 12.1 Å². The number of halogens is 2. The Kier molecular flexibility index (Phi) is 7.69. The van der Waals surface area contributed by atoms with E-state index in [1.165, 1.54) is 18.2 Å². The predicted molar refractivity (Wildman–Crippen MR) is 148 cm³/mol. The summed E-state index contributed by atoms with van der Waals surface area (Å²) in [5, 5.41) is 6.77. The van der Waals surface area contributed by atoms with Crippen LogP contribution in [0.15, 0.2) is 48.5 Å². The highest BCUT2D eigenvalue weighted by Gasteiger charge is 2.34. The second-order valence-corrected chi connectivity index (χ2v) is 10.0. The number of nitrogens with two attached hydrogens (primary N) is 1. The number of nitrogens with zero attached hydrogens (tertiary/aromatic N) is 4. The van der Waals surface area contributed by atoms with Crippen molar-refractivity contribution in [1.82, 2.24) is 20.1 Å². The normalized spacial score (nSPS) is 18.2. The van der Waals surface area contributed by atoms with Gasteiger partial charge in [-0.15, -0.1) is 0 Å². The number of amides is 5. The monoisotopic (exact) mass is 553 g/mol. The van der Waals surface area contributed by atoms with E-state index >= 15 is 0 Å². The average molecular weight is 554 g/mol. The van der Waals surface area contributed by atoms with Crippen molar-refractivity contribution < 1.29 is 18.8 Å². The molecule has 5 rings (SSSR count). The number of fused-ring (bicyclic) bond motifs is 1. The maximum Gasteiger partial charge on any atom is 0.328 e. The van der Waals surface area contributed by atoms with E-state index in [1.807, 2.05) is 12.1 Å². The molecule has 3 aromatic rings. The lowest BCUT2D eigenvalue weighted by Crippen LogP contribution is -2.56. The maximum absolute atomic E-state index is 14.0. The third-order valence-electron chi connectivity index (χ3n) is 7.02. The van der Waals surface area contributed by atoms with Crippen molar-refractivity contribution in [3.63, 3.8) is 0 Å². The summed E-state index contributed by atoms with van der Waals surface area (Å²) in [4.78, 5) is 48.3. The first kappa shape index (κ1) is 26.5. The molecule has 2 aliphatic heterocycles. The number of benzene rings is 2. The summed E-state index contributed by atoms with van der Waals surface area (Å²) < 4.78 is 14.0. The Balaban J connectivity index is 1.21. The zero-order valence-electron chi connectivity index (χ0n) is 21.2. The topological polar surface area (TPSA) is 124 Å². The number of carbonyl (C=O) groups is 3. The molecular formula is C27H29ClFN7O3. The van der Waals surface area contributed by atoms with Gasteiger partial charge in [0.05, 0.1) is 11.2 Å². The van der Waals surface area contributed by atoms with Crippen LogP contribution in [-0.4, -0.2) is 71.5 Å². The number of hydrogen-bond donors (Lipinski definition) is 3. The largest absolute Gasteiger partial charge is 0.384 e. The highest BCUT2D eigenvalue weighted by molar-refractivity contribution is 6.31. The molecule has 0 bridgehead atoms. The highest BCUT2D eigenvalue weighted by Crippen LogP contribution is 2.30. The Bertz CT molecular complexity index is 1410. The number of aromatic nitrogens is 1. The van der Waals surface area contributed by atoms with Gasteiger partial charge in [-0.1, -0.05) is 23.7 Å². The van der Waals surface area contributed by atoms with E-state index in [2.05, 4.69) is 20.5 Å². The smallest absolute Gasteiger partial charge is 0.328 e. The van der Waals surface area contributed by atoms with E-state index < -0.39 is 23.8 Å². The molecule has 4 N–H and O–H groups in total. The lowest BCUT2D eigenvalue weighted by atomic mass is 10.1. The van der Waals surface area contributed by atoms with E-state index in [1.54, 1.807) is 23.1 Å². The van der Waals surface area contributed by atoms with Gasteiger partial charge in [-0.05, 0) is 49.6 Å². The number of urea groups is 2. The lowest BCUT2D eigenvalue weighted by Gasteiger charge is -2.37. The number of hydrogen-bond acceptors (Lipinski definition) is 6. The fourth-order valence-corrected chi connectivity index (χ4v) is 5.14. The van der Waals surface area contributed by atoms with Crippen molar-refractivity contribution in [3.05, 3.63) is 59.4 Å². The zero-order chi connectivity index (χ0) is 27.5. The summed E-state index contributed by atoms with van der Waals surface area (Å²) in [6.45, 7) is 2.18. The van der Waals surface area contributed by atoms with Crippen molar-refractivity contribution in [2.24, 2.45) is 0 Å². The van der Waals surface area contributed by atoms with Gasteiger partial charge in [0.2, 0.25) is 0 Å². The molecule has 2 fully saturated rings. The highest BCUT2D eigenvalue weighted by atomic mass is 35.5. The van der Waals surface area contributed by atoms with E-state index in [-0.39, 0.29) is 18.3 Å². The number of carbonyl (C=O) groups excluding carboxylic acids is 3.